The largest absolute Gasteiger partial charge is 0.508 e. The lowest BCUT2D eigenvalue weighted by atomic mass is 9.88. The van der Waals surface area contributed by atoms with Crippen LogP contribution < -0.4 is 5.32 Å². The number of aromatic nitrogens is 4. The van der Waals surface area contributed by atoms with Crippen molar-refractivity contribution in [3.05, 3.63) is 72.2 Å². The number of aromatic amines is 1. The normalized spacial score (nSPS) is 14.7. The molecule has 11 heteroatoms. The first-order valence-electron chi connectivity index (χ1n) is 9.87. The number of aromatic hydroxyl groups is 1. The number of aryl methyl sites for hydroxylation is 1. The highest BCUT2D eigenvalue weighted by Crippen LogP contribution is 2.46. The maximum absolute atomic E-state index is 14.4. The summed E-state index contributed by atoms with van der Waals surface area (Å²) < 4.78 is 43.3. The summed E-state index contributed by atoms with van der Waals surface area (Å²) in [7, 11) is 0. The Morgan fingerprint density at radius 2 is 1.88 bits per heavy atom. The number of rotatable bonds is 7. The smallest absolute Gasteiger partial charge is 0.420 e. The molecule has 7 nitrogen and oxygen atoms in total. The van der Waals surface area contributed by atoms with Crippen LogP contribution >= 0.6 is 11.8 Å². The van der Waals surface area contributed by atoms with Gasteiger partial charge in [-0.05, 0) is 37.3 Å². The van der Waals surface area contributed by atoms with Gasteiger partial charge in [-0.3, -0.25) is 10.1 Å². The van der Waals surface area contributed by atoms with Crippen LogP contribution in [0.1, 0.15) is 17.3 Å². The Hall–Kier alpha value is -3.31. The zero-order chi connectivity index (χ0) is 23.6. The summed E-state index contributed by atoms with van der Waals surface area (Å²) in [6.45, 7) is 1.81. The van der Waals surface area contributed by atoms with Gasteiger partial charge >= 0.3 is 6.18 Å². The van der Waals surface area contributed by atoms with Crippen LogP contribution in [-0.2, 0) is 0 Å². The van der Waals surface area contributed by atoms with E-state index in [0.717, 1.165) is 5.69 Å². The highest BCUT2D eigenvalue weighted by Gasteiger charge is 2.59. The number of H-pyrrole nitrogens is 1. The Bertz CT molecular complexity index is 1250. The van der Waals surface area contributed by atoms with Gasteiger partial charge in [0.25, 0.3) is 0 Å². The number of nitrogens with zero attached hydrogens (tertiary/aromatic N) is 3. The molecule has 0 aliphatic rings. The maximum atomic E-state index is 14.4. The second-order valence-corrected chi connectivity index (χ2v) is 8.43. The fourth-order valence-corrected chi connectivity index (χ4v) is 4.42. The zero-order valence-corrected chi connectivity index (χ0v) is 18.2. The Kier molecular flexibility index (Phi) is 6.17. The number of phenolic OH excluding ortho intramolecular Hbond substituents is 1. The number of para-hydroxylation sites is 1. The van der Waals surface area contributed by atoms with Crippen molar-refractivity contribution in [3.63, 3.8) is 0 Å². The third kappa shape index (κ3) is 4.60. The van der Waals surface area contributed by atoms with Crippen molar-refractivity contribution >= 4 is 28.4 Å². The van der Waals surface area contributed by atoms with Gasteiger partial charge in [0.1, 0.15) is 12.1 Å². The van der Waals surface area contributed by atoms with Gasteiger partial charge in [0.2, 0.25) is 0 Å². The summed E-state index contributed by atoms with van der Waals surface area (Å²) in [6.07, 6.45) is -3.89. The van der Waals surface area contributed by atoms with E-state index in [4.69, 9.17) is 0 Å². The molecular weight excluding hydrogens is 455 g/mol. The molecule has 2 unspecified atom stereocenters. The molecule has 0 bridgehead atoms. The van der Waals surface area contributed by atoms with E-state index in [-0.39, 0.29) is 16.5 Å². The van der Waals surface area contributed by atoms with Crippen LogP contribution in [0.5, 0.6) is 5.75 Å². The van der Waals surface area contributed by atoms with Gasteiger partial charge in [-0.1, -0.05) is 36.0 Å². The van der Waals surface area contributed by atoms with Gasteiger partial charge in [-0.25, -0.2) is 4.98 Å². The average molecular weight is 475 g/mol. The number of halogens is 3. The molecule has 4 N–H and O–H groups in total. The van der Waals surface area contributed by atoms with Crippen LogP contribution in [0.15, 0.2) is 66.1 Å². The van der Waals surface area contributed by atoms with Crippen molar-refractivity contribution in [2.45, 2.75) is 29.9 Å². The van der Waals surface area contributed by atoms with E-state index in [0.29, 0.717) is 28.4 Å². The fraction of sp³-hybridized carbons (Fsp3) is 0.227. The van der Waals surface area contributed by atoms with Gasteiger partial charge in [0.15, 0.2) is 10.8 Å². The lowest BCUT2D eigenvalue weighted by Crippen LogP contribution is -2.54. The minimum Gasteiger partial charge on any atom is -0.508 e. The third-order valence-corrected chi connectivity index (χ3v) is 6.26. The molecule has 0 radical (unpaired) electrons. The molecule has 0 fully saturated rings. The number of fused-ring (bicyclic) bond motifs is 1. The molecule has 0 saturated heterocycles. The van der Waals surface area contributed by atoms with E-state index in [1.165, 1.54) is 30.6 Å². The first kappa shape index (κ1) is 22.9. The highest BCUT2D eigenvalue weighted by atomic mass is 32.2. The van der Waals surface area contributed by atoms with Crippen LogP contribution in [0.25, 0.3) is 10.9 Å². The minimum atomic E-state index is -5.06. The minimum absolute atomic E-state index is 0.104. The summed E-state index contributed by atoms with van der Waals surface area (Å²) in [5.41, 5.74) is -1.72. The molecule has 4 rings (SSSR count). The fourth-order valence-electron chi connectivity index (χ4n) is 3.50. The lowest BCUT2D eigenvalue weighted by molar-refractivity contribution is -0.256. The molecule has 172 valence electrons. The van der Waals surface area contributed by atoms with Crippen LogP contribution in [0.3, 0.4) is 0 Å². The standard InChI is InChI=1S/C22H20F3N5O2S/c1-13-9-10-14-16(28-13)6-4-7-17(14)29-19(15-5-2-3-8-18(15)31)21(32,22(23,24)25)11-33-20-26-12-27-30-20/h2-10,12,19,29,31-32H,11H2,1H3,(H,26,27,30). The van der Waals surface area contributed by atoms with Crippen molar-refractivity contribution < 1.29 is 23.4 Å². The lowest BCUT2D eigenvalue weighted by Gasteiger charge is -2.38. The second kappa shape index (κ2) is 8.91. The number of pyridine rings is 1. The number of alkyl halides is 3. The summed E-state index contributed by atoms with van der Waals surface area (Å²) in [5, 5.41) is 31.2. The van der Waals surface area contributed by atoms with Crippen LogP contribution in [0.2, 0.25) is 0 Å². The molecule has 0 spiro atoms. The van der Waals surface area contributed by atoms with E-state index in [9.17, 15) is 23.4 Å². The van der Waals surface area contributed by atoms with Crippen molar-refractivity contribution in [2.75, 3.05) is 11.1 Å². The molecule has 33 heavy (non-hydrogen) atoms. The highest BCUT2D eigenvalue weighted by molar-refractivity contribution is 7.99. The zero-order valence-electron chi connectivity index (χ0n) is 17.3. The summed E-state index contributed by atoms with van der Waals surface area (Å²) >= 11 is 0.673. The number of anilines is 1. The van der Waals surface area contributed by atoms with E-state index >= 15 is 0 Å². The maximum Gasteiger partial charge on any atom is 0.420 e. The molecule has 2 atom stereocenters. The van der Waals surface area contributed by atoms with Gasteiger partial charge in [-0.2, -0.15) is 18.3 Å². The molecule has 0 amide bonds. The van der Waals surface area contributed by atoms with E-state index < -0.39 is 23.6 Å². The van der Waals surface area contributed by atoms with E-state index in [2.05, 4.69) is 25.5 Å². The molecule has 2 heterocycles. The molecule has 2 aromatic carbocycles. The number of thioether (sulfide) groups is 1. The van der Waals surface area contributed by atoms with Crippen LogP contribution in [-0.4, -0.2) is 47.9 Å². The van der Waals surface area contributed by atoms with E-state index in [1.807, 2.05) is 6.92 Å². The van der Waals surface area contributed by atoms with Gasteiger partial charge in [0.05, 0.1) is 11.6 Å². The van der Waals surface area contributed by atoms with E-state index in [1.54, 1.807) is 30.3 Å². The summed E-state index contributed by atoms with van der Waals surface area (Å²) in [4.78, 5) is 8.24. The first-order chi connectivity index (χ1) is 15.7. The van der Waals surface area contributed by atoms with Gasteiger partial charge in [0, 0.05) is 28.1 Å². The summed E-state index contributed by atoms with van der Waals surface area (Å²) in [6, 6.07) is 12.4. The number of hydrogen-bond acceptors (Lipinski definition) is 7. The second-order valence-electron chi connectivity index (χ2n) is 7.46. The Morgan fingerprint density at radius 1 is 1.09 bits per heavy atom. The van der Waals surface area contributed by atoms with Crippen molar-refractivity contribution in [3.8, 4) is 5.75 Å². The predicted octanol–water partition coefficient (Wildman–Crippen LogP) is 4.61. The third-order valence-electron chi connectivity index (χ3n) is 5.21. The number of hydrogen-bond donors (Lipinski definition) is 4. The van der Waals surface area contributed by atoms with Crippen LogP contribution in [0.4, 0.5) is 18.9 Å². The molecular formula is C22H20F3N5O2S. The Labute approximate surface area is 191 Å². The van der Waals surface area contributed by atoms with Crippen LogP contribution in [0, 0.1) is 6.92 Å². The summed E-state index contributed by atoms with van der Waals surface area (Å²) in [5.74, 6) is -1.18. The van der Waals surface area contributed by atoms with Gasteiger partial charge in [-0.15, -0.1) is 0 Å². The number of phenols is 1. The molecule has 2 aromatic heterocycles. The molecule has 0 saturated carbocycles. The SMILES string of the molecule is Cc1ccc2c(NC(c3ccccc3O)C(O)(CSc3ncn[nH]3)C(F)(F)F)cccc2n1. The van der Waals surface area contributed by atoms with Gasteiger partial charge < -0.3 is 15.5 Å². The number of nitrogens with one attached hydrogen (secondary N) is 2. The Morgan fingerprint density at radius 3 is 2.58 bits per heavy atom. The number of aliphatic hydroxyl groups is 1. The monoisotopic (exact) mass is 475 g/mol. The number of benzene rings is 2. The Balaban J connectivity index is 1.83. The van der Waals surface area contributed by atoms with Crippen molar-refractivity contribution in [1.29, 1.82) is 0 Å². The quantitative estimate of drug-likeness (QED) is 0.289. The topological polar surface area (TPSA) is 107 Å². The average Bonchev–Trinajstić information content (AvgIpc) is 3.29. The van der Waals surface area contributed by atoms with Crippen molar-refractivity contribution in [2.24, 2.45) is 0 Å². The molecule has 0 aliphatic carbocycles. The molecule has 0 aliphatic heterocycles. The van der Waals surface area contributed by atoms with Crippen molar-refractivity contribution in [1.82, 2.24) is 20.2 Å². The molecule has 4 aromatic rings. The predicted molar refractivity (Wildman–Crippen MR) is 119 cm³/mol. The first-order valence-corrected chi connectivity index (χ1v) is 10.9.